The molecular weight excluding hydrogens is 336 g/mol. The van der Waals surface area contributed by atoms with E-state index < -0.39 is 0 Å². The number of carbonyl (C=O) groups is 1. The maximum Gasteiger partial charge on any atom is 0.227 e. The van der Waals surface area contributed by atoms with Crippen molar-refractivity contribution in [1.29, 1.82) is 0 Å². The Balaban J connectivity index is 1.60. The molecule has 0 radical (unpaired) electrons. The van der Waals surface area contributed by atoms with Gasteiger partial charge in [-0.05, 0) is 49.9 Å². The zero-order chi connectivity index (χ0) is 17.8. The van der Waals surface area contributed by atoms with Crippen molar-refractivity contribution < 1.29 is 14.3 Å². The SMILES string of the molecule is CCCc1nc(C)c(CNC(=O)C2COc3ccc(OC)cc3C2)s1. The first-order valence-corrected chi connectivity index (χ1v) is 9.45. The molecule has 0 bridgehead atoms. The second kappa shape index (κ2) is 7.87. The summed E-state index contributed by atoms with van der Waals surface area (Å²) in [4.78, 5) is 18.2. The lowest BCUT2D eigenvalue weighted by atomic mass is 9.96. The zero-order valence-corrected chi connectivity index (χ0v) is 15.7. The van der Waals surface area contributed by atoms with Crippen LogP contribution in [0.2, 0.25) is 0 Å². The predicted molar refractivity (Wildman–Crippen MR) is 98.4 cm³/mol. The van der Waals surface area contributed by atoms with Crippen molar-refractivity contribution in [3.63, 3.8) is 0 Å². The van der Waals surface area contributed by atoms with Crippen LogP contribution in [0.25, 0.3) is 0 Å². The van der Waals surface area contributed by atoms with Crippen LogP contribution in [-0.2, 0) is 24.2 Å². The van der Waals surface area contributed by atoms with Gasteiger partial charge in [-0.25, -0.2) is 4.98 Å². The lowest BCUT2D eigenvalue weighted by molar-refractivity contribution is -0.126. The van der Waals surface area contributed by atoms with Crippen molar-refractivity contribution in [2.45, 2.75) is 39.7 Å². The molecule has 1 unspecified atom stereocenters. The number of rotatable bonds is 6. The highest BCUT2D eigenvalue weighted by atomic mass is 32.1. The predicted octanol–water partition coefficient (Wildman–Crippen LogP) is 3.28. The van der Waals surface area contributed by atoms with E-state index in [1.807, 2.05) is 25.1 Å². The number of nitrogens with one attached hydrogen (secondary N) is 1. The van der Waals surface area contributed by atoms with Gasteiger partial charge in [-0.2, -0.15) is 0 Å². The number of methoxy groups -OCH3 is 1. The Morgan fingerprint density at radius 1 is 1.48 bits per heavy atom. The van der Waals surface area contributed by atoms with Gasteiger partial charge in [0.25, 0.3) is 0 Å². The molecule has 0 spiro atoms. The van der Waals surface area contributed by atoms with Gasteiger partial charge in [0.15, 0.2) is 0 Å². The van der Waals surface area contributed by atoms with Crippen LogP contribution in [0, 0.1) is 12.8 Å². The van der Waals surface area contributed by atoms with E-state index >= 15 is 0 Å². The van der Waals surface area contributed by atoms with Gasteiger partial charge in [0.2, 0.25) is 5.91 Å². The molecular formula is C19H24N2O3S. The molecule has 0 saturated carbocycles. The fourth-order valence-electron chi connectivity index (χ4n) is 2.95. The van der Waals surface area contributed by atoms with E-state index in [-0.39, 0.29) is 11.8 Å². The summed E-state index contributed by atoms with van der Waals surface area (Å²) in [5.41, 5.74) is 2.04. The number of aromatic nitrogens is 1. The highest BCUT2D eigenvalue weighted by molar-refractivity contribution is 7.11. The Bertz CT molecular complexity index is 757. The first-order chi connectivity index (χ1) is 12.1. The summed E-state index contributed by atoms with van der Waals surface area (Å²) >= 11 is 1.69. The van der Waals surface area contributed by atoms with Crippen molar-refractivity contribution in [2.24, 2.45) is 5.92 Å². The molecule has 1 atom stereocenters. The van der Waals surface area contributed by atoms with Crippen molar-refractivity contribution in [1.82, 2.24) is 10.3 Å². The van der Waals surface area contributed by atoms with Gasteiger partial charge in [0, 0.05) is 4.88 Å². The molecule has 25 heavy (non-hydrogen) atoms. The Kier molecular flexibility index (Phi) is 5.58. The summed E-state index contributed by atoms with van der Waals surface area (Å²) in [6.07, 6.45) is 2.75. The van der Waals surface area contributed by atoms with Crippen molar-refractivity contribution in [3.8, 4) is 11.5 Å². The van der Waals surface area contributed by atoms with Gasteiger partial charge in [-0.3, -0.25) is 4.79 Å². The molecule has 0 saturated heterocycles. The van der Waals surface area contributed by atoms with Crippen molar-refractivity contribution >= 4 is 17.2 Å². The lowest BCUT2D eigenvalue weighted by Gasteiger charge is -2.25. The molecule has 0 aliphatic carbocycles. The molecule has 0 fully saturated rings. The Morgan fingerprint density at radius 3 is 3.08 bits per heavy atom. The van der Waals surface area contributed by atoms with Gasteiger partial charge in [0.1, 0.15) is 18.1 Å². The third kappa shape index (κ3) is 4.12. The standard InChI is InChI=1S/C19H24N2O3S/c1-4-5-18-21-12(2)17(25-18)10-20-19(22)14-8-13-9-15(23-3)6-7-16(13)24-11-14/h6-7,9,14H,4-5,8,10-11H2,1-3H3,(H,20,22). The van der Waals surface area contributed by atoms with Gasteiger partial charge >= 0.3 is 0 Å². The smallest absolute Gasteiger partial charge is 0.227 e. The molecule has 1 amide bonds. The topological polar surface area (TPSA) is 60.5 Å². The number of benzene rings is 1. The van der Waals surface area contributed by atoms with E-state index in [4.69, 9.17) is 9.47 Å². The molecule has 1 aliphatic heterocycles. The quantitative estimate of drug-likeness (QED) is 0.859. The fraction of sp³-hybridized carbons (Fsp3) is 0.474. The van der Waals surface area contributed by atoms with Crippen LogP contribution >= 0.6 is 11.3 Å². The van der Waals surface area contributed by atoms with Crippen LogP contribution in [-0.4, -0.2) is 24.6 Å². The second-order valence-corrected chi connectivity index (χ2v) is 7.44. The van der Waals surface area contributed by atoms with Gasteiger partial charge in [-0.1, -0.05) is 6.92 Å². The normalized spacial score (nSPS) is 16.0. The summed E-state index contributed by atoms with van der Waals surface area (Å²) in [5.74, 6) is 1.47. The maximum atomic E-state index is 12.5. The molecule has 1 aromatic heterocycles. The van der Waals surface area contributed by atoms with Crippen LogP contribution in [0.5, 0.6) is 11.5 Å². The molecule has 3 rings (SSSR count). The molecule has 1 N–H and O–H groups in total. The summed E-state index contributed by atoms with van der Waals surface area (Å²) in [6.45, 7) is 5.10. The third-order valence-electron chi connectivity index (χ3n) is 4.37. The Labute approximate surface area is 152 Å². The minimum Gasteiger partial charge on any atom is -0.497 e. The number of hydrogen-bond acceptors (Lipinski definition) is 5. The van der Waals surface area contributed by atoms with Crippen LogP contribution in [0.4, 0.5) is 0 Å². The van der Waals surface area contributed by atoms with E-state index in [0.717, 1.165) is 45.5 Å². The van der Waals surface area contributed by atoms with E-state index in [0.29, 0.717) is 19.6 Å². The first kappa shape index (κ1) is 17.7. The van der Waals surface area contributed by atoms with Crippen molar-refractivity contribution in [3.05, 3.63) is 39.3 Å². The average Bonchev–Trinajstić information content (AvgIpc) is 2.98. The molecule has 2 heterocycles. The van der Waals surface area contributed by atoms with Gasteiger partial charge in [0.05, 0.1) is 30.3 Å². The lowest BCUT2D eigenvalue weighted by Crippen LogP contribution is -2.37. The minimum atomic E-state index is -0.178. The summed E-state index contributed by atoms with van der Waals surface area (Å²) in [7, 11) is 1.64. The fourth-order valence-corrected chi connectivity index (χ4v) is 4.06. The molecule has 1 aliphatic rings. The second-order valence-electron chi connectivity index (χ2n) is 6.27. The number of ether oxygens (including phenoxy) is 2. The highest BCUT2D eigenvalue weighted by Crippen LogP contribution is 2.30. The summed E-state index contributed by atoms with van der Waals surface area (Å²) < 4.78 is 11.0. The monoisotopic (exact) mass is 360 g/mol. The number of fused-ring (bicyclic) bond motifs is 1. The van der Waals surface area contributed by atoms with Crippen LogP contribution in [0.3, 0.4) is 0 Å². The number of aryl methyl sites for hydroxylation is 2. The van der Waals surface area contributed by atoms with E-state index in [2.05, 4.69) is 17.2 Å². The number of thiazole rings is 1. The van der Waals surface area contributed by atoms with Crippen LogP contribution < -0.4 is 14.8 Å². The van der Waals surface area contributed by atoms with E-state index in [1.165, 1.54) is 0 Å². The third-order valence-corrected chi connectivity index (χ3v) is 5.59. The zero-order valence-electron chi connectivity index (χ0n) is 14.9. The average molecular weight is 360 g/mol. The van der Waals surface area contributed by atoms with E-state index in [1.54, 1.807) is 18.4 Å². The Morgan fingerprint density at radius 2 is 2.32 bits per heavy atom. The van der Waals surface area contributed by atoms with Gasteiger partial charge in [-0.15, -0.1) is 11.3 Å². The summed E-state index contributed by atoms with van der Waals surface area (Å²) in [6, 6.07) is 5.72. The molecule has 134 valence electrons. The van der Waals surface area contributed by atoms with Crippen LogP contribution in [0.15, 0.2) is 18.2 Å². The van der Waals surface area contributed by atoms with Crippen molar-refractivity contribution in [2.75, 3.05) is 13.7 Å². The minimum absolute atomic E-state index is 0.0262. The van der Waals surface area contributed by atoms with E-state index in [9.17, 15) is 4.79 Å². The molecule has 5 nitrogen and oxygen atoms in total. The maximum absolute atomic E-state index is 12.5. The molecule has 1 aromatic carbocycles. The molecule has 2 aromatic rings. The number of amides is 1. The van der Waals surface area contributed by atoms with Crippen LogP contribution in [0.1, 0.15) is 34.5 Å². The Hall–Kier alpha value is -2.08. The molecule has 6 heteroatoms. The first-order valence-electron chi connectivity index (χ1n) is 8.63. The number of nitrogens with zero attached hydrogens (tertiary/aromatic N) is 1. The highest BCUT2D eigenvalue weighted by Gasteiger charge is 2.26. The van der Waals surface area contributed by atoms with Gasteiger partial charge < -0.3 is 14.8 Å². The summed E-state index contributed by atoms with van der Waals surface area (Å²) in [5, 5.41) is 4.19. The number of carbonyl (C=O) groups excluding carboxylic acids is 1. The largest absolute Gasteiger partial charge is 0.497 e. The number of hydrogen-bond donors (Lipinski definition) is 1.